The first-order valence-corrected chi connectivity index (χ1v) is 14.2. The van der Waals surface area contributed by atoms with E-state index >= 15 is 0 Å². The van der Waals surface area contributed by atoms with Gasteiger partial charge in [-0.3, -0.25) is 0 Å². The first kappa shape index (κ1) is 27.1. The van der Waals surface area contributed by atoms with Crippen LogP contribution in [0.4, 0.5) is 23.1 Å². The van der Waals surface area contributed by atoms with Gasteiger partial charge in [0, 0.05) is 32.7 Å². The zero-order valence-corrected chi connectivity index (χ0v) is 22.9. The van der Waals surface area contributed by atoms with Crippen LogP contribution in [0.15, 0.2) is 53.6 Å². The van der Waals surface area contributed by atoms with Crippen molar-refractivity contribution < 1.29 is 13.2 Å². The van der Waals surface area contributed by atoms with E-state index in [1.807, 2.05) is 12.1 Å². The number of aromatic nitrogens is 2. The van der Waals surface area contributed by atoms with E-state index < -0.39 is 15.1 Å². The summed E-state index contributed by atoms with van der Waals surface area (Å²) in [4.78, 5) is 11.5. The highest BCUT2D eigenvalue weighted by Gasteiger charge is 2.23. The maximum absolute atomic E-state index is 12.9. The van der Waals surface area contributed by atoms with Crippen molar-refractivity contribution in [3.63, 3.8) is 0 Å². The van der Waals surface area contributed by atoms with Gasteiger partial charge in [0.05, 0.1) is 34.8 Å². The number of nitrogens with one attached hydrogen (secondary N) is 3. The van der Waals surface area contributed by atoms with E-state index in [1.54, 1.807) is 45.2 Å². The Morgan fingerprint density at radius 1 is 1.11 bits per heavy atom. The van der Waals surface area contributed by atoms with Crippen molar-refractivity contribution in [2.75, 3.05) is 50.5 Å². The molecule has 0 unspecified atom stereocenters. The van der Waals surface area contributed by atoms with Crippen molar-refractivity contribution in [2.24, 2.45) is 0 Å². The van der Waals surface area contributed by atoms with E-state index in [4.69, 9.17) is 16.3 Å². The third kappa shape index (κ3) is 6.70. The molecular weight excluding hydrogens is 512 g/mol. The molecule has 0 saturated carbocycles. The Kier molecular flexibility index (Phi) is 8.86. The van der Waals surface area contributed by atoms with E-state index in [0.717, 1.165) is 44.8 Å². The molecule has 0 spiro atoms. The highest BCUT2D eigenvalue weighted by atomic mass is 35.5. The van der Waals surface area contributed by atoms with Crippen molar-refractivity contribution in [3.05, 3.63) is 59.2 Å². The Morgan fingerprint density at radius 2 is 1.86 bits per heavy atom. The standard InChI is InChI=1S/C26H33ClN6O3S/c1-18(2)37(34,35)24-7-5-4-6-21(24)30-25-20(27)17-29-26(32-25)31-22-16-19(8-9-23(22)36-3)10-13-33-14-11-28-12-15-33/h4-9,16-18,28H,10-15H2,1-3H3,(H2,29,30,31,32). The molecule has 3 aromatic rings. The summed E-state index contributed by atoms with van der Waals surface area (Å²) in [5.41, 5.74) is 2.30. The lowest BCUT2D eigenvalue weighted by Crippen LogP contribution is -2.44. The van der Waals surface area contributed by atoms with Crippen molar-refractivity contribution in [1.29, 1.82) is 0 Å². The number of para-hydroxylation sites is 1. The zero-order valence-electron chi connectivity index (χ0n) is 21.3. The van der Waals surface area contributed by atoms with Crippen LogP contribution in [0.2, 0.25) is 5.02 Å². The lowest BCUT2D eigenvalue weighted by Gasteiger charge is -2.27. The van der Waals surface area contributed by atoms with Gasteiger partial charge in [0.2, 0.25) is 5.95 Å². The van der Waals surface area contributed by atoms with Crippen LogP contribution in [0, 0.1) is 0 Å². The predicted octanol–water partition coefficient (Wildman–Crippen LogP) is 4.26. The quantitative estimate of drug-likeness (QED) is 0.345. The summed E-state index contributed by atoms with van der Waals surface area (Å²) >= 11 is 6.38. The summed E-state index contributed by atoms with van der Waals surface area (Å²) in [7, 11) is -1.90. The summed E-state index contributed by atoms with van der Waals surface area (Å²) in [5.74, 6) is 1.25. The minimum absolute atomic E-state index is 0.188. The van der Waals surface area contributed by atoms with Crippen LogP contribution < -0.4 is 20.7 Å². The number of sulfone groups is 1. The minimum Gasteiger partial charge on any atom is -0.495 e. The van der Waals surface area contributed by atoms with E-state index in [-0.39, 0.29) is 9.92 Å². The Bertz CT molecular complexity index is 1330. The smallest absolute Gasteiger partial charge is 0.229 e. The van der Waals surface area contributed by atoms with Crippen LogP contribution in [-0.2, 0) is 16.3 Å². The zero-order chi connectivity index (χ0) is 26.4. The SMILES string of the molecule is COc1ccc(CCN2CCNCC2)cc1Nc1ncc(Cl)c(Nc2ccccc2S(=O)(=O)C(C)C)n1. The Labute approximate surface area is 223 Å². The molecule has 9 nitrogen and oxygen atoms in total. The van der Waals surface area contributed by atoms with Crippen molar-refractivity contribution >= 4 is 44.6 Å². The molecule has 1 fully saturated rings. The fourth-order valence-electron chi connectivity index (χ4n) is 4.07. The molecule has 11 heteroatoms. The molecule has 2 heterocycles. The molecule has 1 aromatic heterocycles. The second-order valence-electron chi connectivity index (χ2n) is 9.11. The highest BCUT2D eigenvalue weighted by Crippen LogP contribution is 2.32. The Morgan fingerprint density at radius 3 is 2.59 bits per heavy atom. The van der Waals surface area contributed by atoms with Crippen LogP contribution in [0.3, 0.4) is 0 Å². The van der Waals surface area contributed by atoms with Gasteiger partial charge in [0.25, 0.3) is 0 Å². The van der Waals surface area contributed by atoms with Crippen LogP contribution in [-0.4, -0.2) is 68.4 Å². The molecule has 37 heavy (non-hydrogen) atoms. The number of methoxy groups -OCH3 is 1. The minimum atomic E-state index is -3.51. The average molecular weight is 545 g/mol. The molecule has 0 amide bonds. The van der Waals surface area contributed by atoms with Gasteiger partial charge in [-0.2, -0.15) is 4.98 Å². The van der Waals surface area contributed by atoms with Gasteiger partial charge in [-0.25, -0.2) is 13.4 Å². The number of nitrogens with zero attached hydrogens (tertiary/aromatic N) is 3. The number of anilines is 4. The maximum atomic E-state index is 12.9. The van der Waals surface area contributed by atoms with Crippen LogP contribution in [0.25, 0.3) is 0 Å². The largest absolute Gasteiger partial charge is 0.495 e. The van der Waals surface area contributed by atoms with Gasteiger partial charge in [-0.1, -0.05) is 29.8 Å². The number of ether oxygens (including phenoxy) is 1. The summed E-state index contributed by atoms with van der Waals surface area (Å²) in [6, 6.07) is 12.7. The van der Waals surface area contributed by atoms with Gasteiger partial charge in [-0.05, 0) is 50.1 Å². The molecule has 4 rings (SSSR count). The van der Waals surface area contributed by atoms with Crippen molar-refractivity contribution in [2.45, 2.75) is 30.4 Å². The van der Waals surface area contributed by atoms with E-state index in [2.05, 4.69) is 36.9 Å². The van der Waals surface area contributed by atoms with E-state index in [1.165, 1.54) is 11.8 Å². The fourth-order valence-corrected chi connectivity index (χ4v) is 5.41. The number of piperazine rings is 1. The molecule has 3 N–H and O–H groups in total. The first-order chi connectivity index (χ1) is 17.8. The molecule has 2 aromatic carbocycles. The lowest BCUT2D eigenvalue weighted by atomic mass is 10.1. The average Bonchev–Trinajstić information content (AvgIpc) is 2.90. The van der Waals surface area contributed by atoms with E-state index in [9.17, 15) is 8.42 Å². The van der Waals surface area contributed by atoms with Crippen molar-refractivity contribution in [1.82, 2.24) is 20.2 Å². The van der Waals surface area contributed by atoms with Crippen LogP contribution >= 0.6 is 11.6 Å². The molecule has 1 saturated heterocycles. The predicted molar refractivity (Wildman–Crippen MR) is 148 cm³/mol. The van der Waals surface area contributed by atoms with Gasteiger partial charge in [0.1, 0.15) is 10.8 Å². The second-order valence-corrected chi connectivity index (χ2v) is 12.0. The van der Waals surface area contributed by atoms with E-state index in [0.29, 0.717) is 23.2 Å². The van der Waals surface area contributed by atoms with Gasteiger partial charge in [0.15, 0.2) is 15.7 Å². The van der Waals surface area contributed by atoms with Gasteiger partial charge >= 0.3 is 0 Å². The monoisotopic (exact) mass is 544 g/mol. The van der Waals surface area contributed by atoms with Crippen LogP contribution in [0.5, 0.6) is 5.75 Å². The third-order valence-corrected chi connectivity index (χ3v) is 8.73. The summed E-state index contributed by atoms with van der Waals surface area (Å²) in [5, 5.41) is 9.38. The molecule has 0 aliphatic carbocycles. The Balaban J connectivity index is 1.55. The number of rotatable bonds is 10. The normalized spacial score (nSPS) is 14.5. The fraction of sp³-hybridized carbons (Fsp3) is 0.385. The van der Waals surface area contributed by atoms with Crippen molar-refractivity contribution in [3.8, 4) is 5.75 Å². The first-order valence-electron chi connectivity index (χ1n) is 12.3. The molecular formula is C26H33ClN6O3S. The summed E-state index contributed by atoms with van der Waals surface area (Å²) < 4.78 is 31.3. The maximum Gasteiger partial charge on any atom is 0.229 e. The molecule has 1 aliphatic heterocycles. The topological polar surface area (TPSA) is 108 Å². The number of halogens is 1. The molecule has 0 radical (unpaired) electrons. The number of hydrogen-bond donors (Lipinski definition) is 3. The summed E-state index contributed by atoms with van der Waals surface area (Å²) in [6.45, 7) is 8.43. The van der Waals surface area contributed by atoms with Gasteiger partial charge in [-0.15, -0.1) is 0 Å². The van der Waals surface area contributed by atoms with Gasteiger partial charge < -0.3 is 25.6 Å². The molecule has 1 aliphatic rings. The van der Waals surface area contributed by atoms with Crippen LogP contribution in [0.1, 0.15) is 19.4 Å². The molecule has 0 bridgehead atoms. The Hall–Kier alpha value is -2.92. The lowest BCUT2D eigenvalue weighted by molar-refractivity contribution is 0.244. The number of hydrogen-bond acceptors (Lipinski definition) is 9. The highest BCUT2D eigenvalue weighted by molar-refractivity contribution is 7.92. The second kappa shape index (κ2) is 12.1. The third-order valence-electron chi connectivity index (χ3n) is 6.25. The number of benzene rings is 2. The molecule has 0 atom stereocenters. The summed E-state index contributed by atoms with van der Waals surface area (Å²) in [6.07, 6.45) is 2.38. The molecule has 198 valence electrons.